The Kier molecular flexibility index (Phi) is 4.90. The van der Waals surface area contributed by atoms with Crippen LogP contribution in [0.25, 0.3) is 11.4 Å². The highest BCUT2D eigenvalue weighted by Gasteiger charge is 2.31. The van der Waals surface area contributed by atoms with Crippen molar-refractivity contribution in [3.05, 3.63) is 74.5 Å². The van der Waals surface area contributed by atoms with Crippen LogP contribution in [0, 0.1) is 0 Å². The largest absolute Gasteiger partial charge is 0.330 e. The zero-order valence-corrected chi connectivity index (χ0v) is 19.4. The van der Waals surface area contributed by atoms with E-state index in [4.69, 9.17) is 28.2 Å². The van der Waals surface area contributed by atoms with E-state index < -0.39 is 0 Å². The van der Waals surface area contributed by atoms with E-state index in [9.17, 15) is 0 Å². The van der Waals surface area contributed by atoms with Gasteiger partial charge in [0.1, 0.15) is 5.82 Å². The van der Waals surface area contributed by atoms with Gasteiger partial charge in [-0.05, 0) is 79.0 Å². The van der Waals surface area contributed by atoms with E-state index in [1.807, 2.05) is 6.07 Å². The first kappa shape index (κ1) is 19.8. The number of benzene rings is 2. The van der Waals surface area contributed by atoms with Crippen LogP contribution in [0.1, 0.15) is 53.3 Å². The van der Waals surface area contributed by atoms with E-state index in [0.29, 0.717) is 12.0 Å². The normalized spacial score (nSPS) is 21.1. The van der Waals surface area contributed by atoms with Crippen LogP contribution >= 0.6 is 23.2 Å². The van der Waals surface area contributed by atoms with Crippen LogP contribution in [-0.4, -0.2) is 27.0 Å². The van der Waals surface area contributed by atoms with Gasteiger partial charge in [0, 0.05) is 43.2 Å². The van der Waals surface area contributed by atoms with Crippen LogP contribution in [0.3, 0.4) is 0 Å². The third-order valence-electron chi connectivity index (χ3n) is 7.46. The van der Waals surface area contributed by atoms with Crippen molar-refractivity contribution in [1.29, 1.82) is 0 Å². The van der Waals surface area contributed by atoms with Crippen LogP contribution in [0.4, 0.5) is 0 Å². The molecule has 5 heteroatoms. The molecule has 1 atom stereocenters. The number of nitrogens with zero attached hydrogens (tertiary/aromatic N) is 3. The summed E-state index contributed by atoms with van der Waals surface area (Å²) in [5, 5.41) is 1.67. The highest BCUT2D eigenvalue weighted by atomic mass is 35.5. The van der Waals surface area contributed by atoms with Crippen molar-refractivity contribution >= 4 is 23.2 Å². The lowest BCUT2D eigenvalue weighted by molar-refractivity contribution is 0.159. The van der Waals surface area contributed by atoms with E-state index in [1.54, 1.807) is 0 Å². The number of imidazole rings is 1. The van der Waals surface area contributed by atoms with Crippen molar-refractivity contribution in [1.82, 2.24) is 14.5 Å². The molecule has 1 saturated carbocycles. The Balaban J connectivity index is 1.25. The lowest BCUT2D eigenvalue weighted by atomic mass is 9.87. The van der Waals surface area contributed by atoms with Gasteiger partial charge < -0.3 is 4.57 Å². The van der Waals surface area contributed by atoms with Crippen molar-refractivity contribution in [2.45, 2.75) is 57.0 Å². The Labute approximate surface area is 194 Å². The summed E-state index contributed by atoms with van der Waals surface area (Å²) in [6, 6.07) is 13.5. The van der Waals surface area contributed by atoms with Crippen LogP contribution in [-0.2, 0) is 32.9 Å². The van der Waals surface area contributed by atoms with Gasteiger partial charge in [-0.15, -0.1) is 0 Å². The fraction of sp³-hybridized carbons (Fsp3) is 0.423. The van der Waals surface area contributed by atoms with Crippen molar-refractivity contribution in [3.8, 4) is 11.4 Å². The van der Waals surface area contributed by atoms with Crippen molar-refractivity contribution in [2.75, 3.05) is 6.54 Å². The Hall–Kier alpha value is -1.81. The number of aryl methyl sites for hydroxylation is 1. The second-order valence-electron chi connectivity index (χ2n) is 9.43. The smallest absolute Gasteiger partial charge is 0.141 e. The number of rotatable bonds is 3. The van der Waals surface area contributed by atoms with E-state index in [-0.39, 0.29) is 0 Å². The van der Waals surface area contributed by atoms with Crippen molar-refractivity contribution < 1.29 is 0 Å². The summed E-state index contributed by atoms with van der Waals surface area (Å²) in [6.07, 6.45) is 7.02. The van der Waals surface area contributed by atoms with Crippen molar-refractivity contribution in [3.63, 3.8) is 0 Å². The summed E-state index contributed by atoms with van der Waals surface area (Å²) in [4.78, 5) is 7.68. The van der Waals surface area contributed by atoms with Gasteiger partial charge in [-0.1, -0.05) is 35.3 Å². The van der Waals surface area contributed by atoms with Gasteiger partial charge in [0.05, 0.1) is 16.4 Å². The zero-order chi connectivity index (χ0) is 21.1. The average Bonchev–Trinajstić information content (AvgIpc) is 3.57. The van der Waals surface area contributed by atoms with Gasteiger partial charge >= 0.3 is 0 Å². The SMILES string of the molecule is Cn1c(-c2ccc(C3CC3)cc2Cl)nc2c1CN(C1CCc3ccc(Cl)cc3C1)CC2. The van der Waals surface area contributed by atoms with E-state index in [1.165, 1.54) is 47.3 Å². The first-order valence-electron chi connectivity index (χ1n) is 11.4. The maximum atomic E-state index is 6.71. The lowest BCUT2D eigenvalue weighted by Crippen LogP contribution is -2.42. The molecule has 1 unspecified atom stereocenters. The van der Waals surface area contributed by atoms with Gasteiger partial charge in [-0.3, -0.25) is 4.90 Å². The lowest BCUT2D eigenvalue weighted by Gasteiger charge is -2.37. The molecule has 2 aromatic carbocycles. The molecule has 3 nitrogen and oxygen atoms in total. The molecule has 0 spiro atoms. The molecule has 0 N–H and O–H groups in total. The molecule has 160 valence electrons. The fourth-order valence-electron chi connectivity index (χ4n) is 5.46. The third-order valence-corrected chi connectivity index (χ3v) is 8.00. The van der Waals surface area contributed by atoms with E-state index in [2.05, 4.69) is 46.8 Å². The minimum atomic E-state index is 0.568. The Morgan fingerprint density at radius 1 is 0.968 bits per heavy atom. The van der Waals surface area contributed by atoms with Crippen LogP contribution in [0.5, 0.6) is 0 Å². The molecule has 1 aliphatic heterocycles. The Morgan fingerprint density at radius 2 is 1.84 bits per heavy atom. The van der Waals surface area contributed by atoms with Crippen LogP contribution in [0.2, 0.25) is 10.0 Å². The predicted octanol–water partition coefficient (Wildman–Crippen LogP) is 6.19. The topological polar surface area (TPSA) is 21.1 Å². The summed E-state index contributed by atoms with van der Waals surface area (Å²) in [7, 11) is 2.14. The van der Waals surface area contributed by atoms with Gasteiger partial charge in [-0.25, -0.2) is 4.98 Å². The molecule has 2 heterocycles. The highest BCUT2D eigenvalue weighted by molar-refractivity contribution is 6.33. The molecular weight excluding hydrogens is 425 g/mol. The summed E-state index contributed by atoms with van der Waals surface area (Å²) >= 11 is 13.0. The molecule has 3 aromatic rings. The molecule has 0 bridgehead atoms. The summed E-state index contributed by atoms with van der Waals surface area (Å²) < 4.78 is 2.27. The van der Waals surface area contributed by atoms with Gasteiger partial charge in [0.25, 0.3) is 0 Å². The van der Waals surface area contributed by atoms with E-state index >= 15 is 0 Å². The number of hydrogen-bond acceptors (Lipinski definition) is 2. The number of halogens is 2. The third kappa shape index (κ3) is 3.61. The van der Waals surface area contributed by atoms with Gasteiger partial charge in [0.15, 0.2) is 0 Å². The zero-order valence-electron chi connectivity index (χ0n) is 17.9. The molecule has 0 saturated heterocycles. The van der Waals surface area contributed by atoms with Crippen LogP contribution < -0.4 is 0 Å². The highest BCUT2D eigenvalue weighted by Crippen LogP contribution is 2.42. The predicted molar refractivity (Wildman–Crippen MR) is 127 cm³/mol. The number of fused-ring (bicyclic) bond motifs is 2. The van der Waals surface area contributed by atoms with Crippen LogP contribution in [0.15, 0.2) is 36.4 Å². The molecule has 0 amide bonds. The second-order valence-corrected chi connectivity index (χ2v) is 10.3. The first-order chi connectivity index (χ1) is 15.1. The second kappa shape index (κ2) is 7.65. The minimum Gasteiger partial charge on any atom is -0.330 e. The van der Waals surface area contributed by atoms with Crippen molar-refractivity contribution in [2.24, 2.45) is 7.05 Å². The molecule has 31 heavy (non-hydrogen) atoms. The monoisotopic (exact) mass is 451 g/mol. The summed E-state index contributed by atoms with van der Waals surface area (Å²) in [5.41, 5.74) is 7.87. The quantitative estimate of drug-likeness (QED) is 0.473. The van der Waals surface area contributed by atoms with Gasteiger partial charge in [0.2, 0.25) is 0 Å². The maximum Gasteiger partial charge on any atom is 0.141 e. The minimum absolute atomic E-state index is 0.568. The maximum absolute atomic E-state index is 6.71. The number of aromatic nitrogens is 2. The molecule has 3 aliphatic rings. The molecule has 1 fully saturated rings. The number of hydrogen-bond donors (Lipinski definition) is 0. The van der Waals surface area contributed by atoms with Gasteiger partial charge in [-0.2, -0.15) is 0 Å². The molecule has 2 aliphatic carbocycles. The molecule has 1 aromatic heterocycles. The molecule has 6 rings (SSSR count). The summed E-state index contributed by atoms with van der Waals surface area (Å²) in [6.45, 7) is 2.02. The fourth-order valence-corrected chi connectivity index (χ4v) is 5.93. The average molecular weight is 452 g/mol. The Bertz CT molecular complexity index is 1160. The molecule has 0 radical (unpaired) electrons. The Morgan fingerprint density at radius 3 is 2.65 bits per heavy atom. The first-order valence-corrected chi connectivity index (χ1v) is 12.2. The molecular formula is C26H27Cl2N3. The standard InChI is InChI=1S/C26H27Cl2N3/c1-30-25-15-31(21-8-5-17-4-7-20(27)12-19(17)13-21)11-10-24(25)29-26(30)22-9-6-18(14-23(22)28)16-2-3-16/h4,6-7,9,12,14,16,21H,2-3,5,8,10-11,13,15H2,1H3. The van der Waals surface area contributed by atoms with E-state index in [0.717, 1.165) is 53.8 Å². The summed E-state index contributed by atoms with van der Waals surface area (Å²) in [5.74, 6) is 1.71.